The molecule has 0 unspecified atom stereocenters. The van der Waals surface area contributed by atoms with E-state index in [4.69, 9.17) is 9.47 Å². The van der Waals surface area contributed by atoms with Gasteiger partial charge in [0.1, 0.15) is 10.6 Å². The maximum Gasteiger partial charge on any atom is 0.350 e. The molecule has 0 aliphatic heterocycles. The maximum atomic E-state index is 11.7. The number of hydrogen-bond acceptors (Lipinski definition) is 7. The second-order valence-corrected chi connectivity index (χ2v) is 6.49. The summed E-state index contributed by atoms with van der Waals surface area (Å²) in [4.78, 5) is 16.5. The number of hydrazone groups is 1. The SMILES string of the molecule is CCOc1ccc(/C=N\Nc2nc(CC)c(C(=O)OC)s2)cc1Br. The van der Waals surface area contributed by atoms with Gasteiger partial charge in [0.2, 0.25) is 5.13 Å². The van der Waals surface area contributed by atoms with Crippen molar-refractivity contribution in [2.75, 3.05) is 19.1 Å². The first-order chi connectivity index (χ1) is 11.6. The number of anilines is 1. The largest absolute Gasteiger partial charge is 0.493 e. The van der Waals surface area contributed by atoms with Crippen LogP contribution in [0, 0.1) is 0 Å². The summed E-state index contributed by atoms with van der Waals surface area (Å²) in [5.41, 5.74) is 4.45. The minimum atomic E-state index is -0.378. The van der Waals surface area contributed by atoms with Crippen LogP contribution in [0.5, 0.6) is 5.75 Å². The number of carbonyl (C=O) groups is 1. The molecule has 0 saturated heterocycles. The van der Waals surface area contributed by atoms with E-state index in [1.54, 1.807) is 6.21 Å². The van der Waals surface area contributed by atoms with Crippen LogP contribution in [0.4, 0.5) is 5.13 Å². The van der Waals surface area contributed by atoms with Crippen molar-refractivity contribution < 1.29 is 14.3 Å². The van der Waals surface area contributed by atoms with Crippen molar-refractivity contribution in [1.29, 1.82) is 0 Å². The molecule has 0 saturated carbocycles. The number of thiazole rings is 1. The smallest absolute Gasteiger partial charge is 0.350 e. The Bertz CT molecular complexity index is 746. The minimum absolute atomic E-state index is 0.378. The lowest BCUT2D eigenvalue weighted by atomic mass is 10.2. The molecule has 128 valence electrons. The lowest BCUT2D eigenvalue weighted by molar-refractivity contribution is 0.0605. The van der Waals surface area contributed by atoms with Gasteiger partial charge >= 0.3 is 5.97 Å². The van der Waals surface area contributed by atoms with E-state index in [0.29, 0.717) is 28.7 Å². The highest BCUT2D eigenvalue weighted by Crippen LogP contribution is 2.26. The highest BCUT2D eigenvalue weighted by atomic mass is 79.9. The van der Waals surface area contributed by atoms with Gasteiger partial charge in [-0.15, -0.1) is 0 Å². The number of nitrogens with zero attached hydrogens (tertiary/aromatic N) is 2. The van der Waals surface area contributed by atoms with Gasteiger partial charge in [0.15, 0.2) is 0 Å². The maximum absolute atomic E-state index is 11.7. The fourth-order valence-electron chi connectivity index (χ4n) is 1.92. The van der Waals surface area contributed by atoms with Crippen LogP contribution >= 0.6 is 27.3 Å². The topological polar surface area (TPSA) is 72.8 Å². The molecular formula is C16H18BrN3O3S. The van der Waals surface area contributed by atoms with Gasteiger partial charge in [-0.3, -0.25) is 5.43 Å². The van der Waals surface area contributed by atoms with E-state index < -0.39 is 0 Å². The first kappa shape index (κ1) is 18.4. The average Bonchev–Trinajstić information content (AvgIpc) is 3.00. The van der Waals surface area contributed by atoms with Gasteiger partial charge in [0.05, 0.1) is 30.1 Å². The van der Waals surface area contributed by atoms with E-state index in [9.17, 15) is 4.79 Å². The summed E-state index contributed by atoms with van der Waals surface area (Å²) in [7, 11) is 1.36. The van der Waals surface area contributed by atoms with Crippen molar-refractivity contribution in [3.63, 3.8) is 0 Å². The molecule has 0 atom stereocenters. The first-order valence-corrected chi connectivity index (χ1v) is 8.99. The van der Waals surface area contributed by atoms with Gasteiger partial charge in [-0.1, -0.05) is 18.3 Å². The number of esters is 1. The third kappa shape index (κ3) is 4.55. The van der Waals surface area contributed by atoms with Crippen molar-refractivity contribution in [3.8, 4) is 5.75 Å². The second-order valence-electron chi connectivity index (χ2n) is 4.63. The van der Waals surface area contributed by atoms with Crippen molar-refractivity contribution in [2.45, 2.75) is 20.3 Å². The molecule has 1 aromatic heterocycles. The number of aromatic nitrogens is 1. The third-order valence-electron chi connectivity index (χ3n) is 3.03. The lowest BCUT2D eigenvalue weighted by Crippen LogP contribution is -2.01. The summed E-state index contributed by atoms with van der Waals surface area (Å²) in [5.74, 6) is 0.412. The molecule has 1 N–H and O–H groups in total. The van der Waals surface area contributed by atoms with Crippen LogP contribution in [-0.2, 0) is 11.2 Å². The molecule has 6 nitrogen and oxygen atoms in total. The highest BCUT2D eigenvalue weighted by Gasteiger charge is 2.17. The van der Waals surface area contributed by atoms with Gasteiger partial charge in [-0.25, -0.2) is 9.78 Å². The number of halogens is 1. The van der Waals surface area contributed by atoms with E-state index in [1.165, 1.54) is 18.4 Å². The molecular weight excluding hydrogens is 394 g/mol. The van der Waals surface area contributed by atoms with Crippen LogP contribution < -0.4 is 10.2 Å². The third-order valence-corrected chi connectivity index (χ3v) is 4.63. The normalized spacial score (nSPS) is 10.8. The molecule has 0 aliphatic carbocycles. The van der Waals surface area contributed by atoms with Gasteiger partial charge in [-0.2, -0.15) is 5.10 Å². The lowest BCUT2D eigenvalue weighted by Gasteiger charge is -2.05. The molecule has 2 aromatic rings. The Morgan fingerprint density at radius 3 is 2.88 bits per heavy atom. The predicted octanol–water partition coefficient (Wildman–Crippen LogP) is 4.10. The number of aryl methyl sites for hydroxylation is 1. The van der Waals surface area contributed by atoms with Crippen LogP contribution in [0.15, 0.2) is 27.8 Å². The number of hydrogen-bond donors (Lipinski definition) is 1. The number of ether oxygens (including phenoxy) is 2. The first-order valence-electron chi connectivity index (χ1n) is 7.38. The zero-order chi connectivity index (χ0) is 17.5. The Kier molecular flexibility index (Phi) is 6.74. The summed E-state index contributed by atoms with van der Waals surface area (Å²) in [6.07, 6.45) is 2.32. The van der Waals surface area contributed by atoms with E-state index in [0.717, 1.165) is 15.8 Å². The van der Waals surface area contributed by atoms with Gasteiger partial charge < -0.3 is 9.47 Å². The fraction of sp³-hybridized carbons (Fsp3) is 0.312. The van der Waals surface area contributed by atoms with Crippen LogP contribution in [-0.4, -0.2) is 30.9 Å². The zero-order valence-corrected chi connectivity index (χ0v) is 16.0. The summed E-state index contributed by atoms with van der Waals surface area (Å²) in [5, 5.41) is 4.71. The van der Waals surface area contributed by atoms with Gasteiger partial charge in [0.25, 0.3) is 0 Å². The Morgan fingerprint density at radius 2 is 2.25 bits per heavy atom. The van der Waals surface area contributed by atoms with E-state index in [-0.39, 0.29) is 5.97 Å². The molecule has 0 spiro atoms. The molecule has 1 heterocycles. The molecule has 0 aliphatic rings. The van der Waals surface area contributed by atoms with E-state index >= 15 is 0 Å². The number of methoxy groups -OCH3 is 1. The molecule has 0 fully saturated rings. The summed E-state index contributed by atoms with van der Waals surface area (Å²) in [6, 6.07) is 5.69. The van der Waals surface area contributed by atoms with Crippen LogP contribution in [0.2, 0.25) is 0 Å². The fourth-order valence-corrected chi connectivity index (χ4v) is 3.36. The van der Waals surface area contributed by atoms with Gasteiger partial charge in [0, 0.05) is 0 Å². The molecule has 8 heteroatoms. The van der Waals surface area contributed by atoms with Crippen LogP contribution in [0.25, 0.3) is 0 Å². The predicted molar refractivity (Wildman–Crippen MR) is 99.4 cm³/mol. The molecule has 2 rings (SSSR count). The Labute approximate surface area is 153 Å². The molecule has 0 bridgehead atoms. The molecule has 24 heavy (non-hydrogen) atoms. The van der Waals surface area contributed by atoms with E-state index in [2.05, 4.69) is 31.4 Å². The number of nitrogens with one attached hydrogen (secondary N) is 1. The molecule has 1 aromatic carbocycles. The van der Waals surface area contributed by atoms with Crippen molar-refractivity contribution in [3.05, 3.63) is 38.8 Å². The second kappa shape index (κ2) is 8.79. The number of rotatable bonds is 7. The Hall–Kier alpha value is -1.93. The standard InChI is InChI=1S/C16H18BrN3O3S/c1-4-12-14(15(21)22-3)24-16(19-12)20-18-9-10-6-7-13(23-5-2)11(17)8-10/h6-9H,4-5H2,1-3H3,(H,19,20)/b18-9-. The van der Waals surface area contributed by atoms with Crippen LogP contribution in [0.3, 0.4) is 0 Å². The quantitative estimate of drug-likeness (QED) is 0.421. The average molecular weight is 412 g/mol. The molecule has 0 amide bonds. The number of benzene rings is 1. The van der Waals surface area contributed by atoms with Crippen molar-refractivity contribution in [2.24, 2.45) is 5.10 Å². The summed E-state index contributed by atoms with van der Waals surface area (Å²) >= 11 is 4.69. The van der Waals surface area contributed by atoms with E-state index in [1.807, 2.05) is 32.0 Å². The van der Waals surface area contributed by atoms with Crippen molar-refractivity contribution in [1.82, 2.24) is 4.98 Å². The van der Waals surface area contributed by atoms with Crippen molar-refractivity contribution >= 4 is 44.6 Å². The number of carbonyl (C=O) groups excluding carboxylic acids is 1. The molecule has 0 radical (unpaired) electrons. The van der Waals surface area contributed by atoms with Gasteiger partial charge in [-0.05, 0) is 53.0 Å². The Morgan fingerprint density at radius 1 is 1.46 bits per heavy atom. The van der Waals surface area contributed by atoms with Crippen LogP contribution in [0.1, 0.15) is 34.8 Å². The summed E-state index contributed by atoms with van der Waals surface area (Å²) in [6.45, 7) is 4.48. The monoisotopic (exact) mass is 411 g/mol. The minimum Gasteiger partial charge on any atom is -0.493 e. The highest BCUT2D eigenvalue weighted by molar-refractivity contribution is 9.10. The Balaban J connectivity index is 2.07. The summed E-state index contributed by atoms with van der Waals surface area (Å²) < 4.78 is 11.1. The zero-order valence-electron chi connectivity index (χ0n) is 13.6.